The summed E-state index contributed by atoms with van der Waals surface area (Å²) >= 11 is 0. The lowest BCUT2D eigenvalue weighted by Gasteiger charge is -2.34. The van der Waals surface area contributed by atoms with Crippen LogP contribution in [-0.2, 0) is 10.0 Å². The number of likely N-dealkylation sites (N-methyl/N-ethyl adjacent to an activating group) is 1. The first-order chi connectivity index (χ1) is 17.7. The van der Waals surface area contributed by atoms with E-state index < -0.39 is 10.0 Å². The third-order valence-electron chi connectivity index (χ3n) is 6.71. The van der Waals surface area contributed by atoms with Crippen LogP contribution in [0.15, 0.2) is 60.8 Å². The molecule has 0 saturated carbocycles. The van der Waals surface area contributed by atoms with E-state index in [1.54, 1.807) is 30.9 Å². The maximum Gasteiger partial charge on any atom is 0.245 e. The van der Waals surface area contributed by atoms with Crippen molar-refractivity contribution < 1.29 is 13.2 Å². The fourth-order valence-electron chi connectivity index (χ4n) is 4.48. The quantitative estimate of drug-likeness (QED) is 0.396. The lowest BCUT2D eigenvalue weighted by atomic mass is 10.1. The minimum Gasteiger partial charge on any atom is -0.495 e. The molecule has 0 bridgehead atoms. The molecule has 10 nitrogen and oxygen atoms in total. The van der Waals surface area contributed by atoms with Crippen LogP contribution in [0.3, 0.4) is 0 Å². The largest absolute Gasteiger partial charge is 0.495 e. The zero-order valence-electron chi connectivity index (χ0n) is 21.4. The summed E-state index contributed by atoms with van der Waals surface area (Å²) in [4.78, 5) is 9.19. The van der Waals surface area contributed by atoms with Crippen LogP contribution in [0.25, 0.3) is 16.8 Å². The fourth-order valence-corrected chi connectivity index (χ4v) is 5.00. The Hall–Kier alpha value is -3.83. The van der Waals surface area contributed by atoms with Gasteiger partial charge in [0.2, 0.25) is 16.0 Å². The monoisotopic (exact) mass is 521 g/mol. The van der Waals surface area contributed by atoms with Gasteiger partial charge in [-0.2, -0.15) is 0 Å². The molecule has 1 aliphatic heterocycles. The van der Waals surface area contributed by atoms with Crippen LogP contribution in [0.4, 0.5) is 23.0 Å². The van der Waals surface area contributed by atoms with Crippen LogP contribution in [0, 0.1) is 0 Å². The van der Waals surface area contributed by atoms with E-state index in [-0.39, 0.29) is 0 Å². The zero-order chi connectivity index (χ0) is 26.2. The zero-order valence-corrected chi connectivity index (χ0v) is 22.2. The molecule has 1 fully saturated rings. The van der Waals surface area contributed by atoms with Gasteiger partial charge >= 0.3 is 0 Å². The van der Waals surface area contributed by atoms with Crippen molar-refractivity contribution in [1.29, 1.82) is 0 Å². The highest BCUT2D eigenvalue weighted by molar-refractivity contribution is 7.92. The standard InChI is InChI=1S/C26H31N7O3S/c1-30-13-15-32(16-14-30)19-10-12-25(36-3)22(17-19)28-26-27-18-20-9-11-24(33(20)29-26)21-7-5-6-8-23(21)31(2)37(4,34)35/h5-12,17-18H,13-16H2,1-4H3,(H,28,29). The van der Waals surface area contributed by atoms with Gasteiger partial charge in [0.15, 0.2) is 0 Å². The first kappa shape index (κ1) is 24.8. The summed E-state index contributed by atoms with van der Waals surface area (Å²) in [6.45, 7) is 3.94. The lowest BCUT2D eigenvalue weighted by Crippen LogP contribution is -2.44. The van der Waals surface area contributed by atoms with Crippen molar-refractivity contribution in [1.82, 2.24) is 19.5 Å². The third-order valence-corrected chi connectivity index (χ3v) is 7.90. The molecule has 0 radical (unpaired) electrons. The number of methoxy groups -OCH3 is 1. The molecule has 0 amide bonds. The fraction of sp³-hybridized carbons (Fsp3) is 0.308. The molecule has 5 rings (SSSR count). The normalized spacial score (nSPS) is 14.6. The predicted molar refractivity (Wildman–Crippen MR) is 148 cm³/mol. The molecule has 4 aromatic rings. The number of ether oxygens (including phenoxy) is 1. The summed E-state index contributed by atoms with van der Waals surface area (Å²) < 4.78 is 33.2. The van der Waals surface area contributed by atoms with Gasteiger partial charge in [0.05, 0.1) is 42.1 Å². The molecule has 0 spiro atoms. The van der Waals surface area contributed by atoms with E-state index >= 15 is 0 Å². The molecule has 3 heterocycles. The summed E-state index contributed by atoms with van der Waals surface area (Å²) in [5.41, 5.74) is 4.73. The van der Waals surface area contributed by atoms with Crippen molar-refractivity contribution in [2.45, 2.75) is 0 Å². The van der Waals surface area contributed by atoms with E-state index in [2.05, 4.69) is 39.3 Å². The van der Waals surface area contributed by atoms with Crippen molar-refractivity contribution in [3.05, 3.63) is 60.8 Å². The van der Waals surface area contributed by atoms with Crippen LogP contribution in [0.1, 0.15) is 0 Å². The minimum absolute atomic E-state index is 0.396. The summed E-state index contributed by atoms with van der Waals surface area (Å²) in [6.07, 6.45) is 2.92. The van der Waals surface area contributed by atoms with Gasteiger partial charge in [-0.15, -0.1) is 5.10 Å². The SMILES string of the molecule is COc1ccc(N2CCN(C)CC2)cc1Nc1ncc2ccc(-c3ccccc3N(C)S(C)(=O)=O)n2n1. The summed E-state index contributed by atoms with van der Waals surface area (Å²) in [7, 11) is 1.89. The molecule has 0 aliphatic carbocycles. The molecule has 0 atom stereocenters. The Balaban J connectivity index is 1.51. The van der Waals surface area contributed by atoms with Gasteiger partial charge in [-0.25, -0.2) is 17.9 Å². The van der Waals surface area contributed by atoms with Crippen molar-refractivity contribution in [2.24, 2.45) is 0 Å². The Morgan fingerprint density at radius 2 is 1.78 bits per heavy atom. The molecule has 0 unspecified atom stereocenters. The summed E-state index contributed by atoms with van der Waals surface area (Å²) in [5, 5.41) is 8.07. The number of hydrogen-bond donors (Lipinski definition) is 1. The van der Waals surface area contributed by atoms with Gasteiger partial charge < -0.3 is 19.9 Å². The average Bonchev–Trinajstić information content (AvgIpc) is 3.31. The van der Waals surface area contributed by atoms with Gasteiger partial charge in [-0.1, -0.05) is 18.2 Å². The number of benzene rings is 2. The van der Waals surface area contributed by atoms with E-state index in [1.807, 2.05) is 36.4 Å². The van der Waals surface area contributed by atoms with E-state index in [1.165, 1.54) is 10.6 Å². The number of sulfonamides is 1. The molecule has 2 aromatic heterocycles. The minimum atomic E-state index is -3.44. The molecule has 11 heteroatoms. The molecule has 2 aromatic carbocycles. The Bertz CT molecular complexity index is 1530. The maximum absolute atomic E-state index is 12.3. The average molecular weight is 522 g/mol. The number of nitrogens with one attached hydrogen (secondary N) is 1. The first-order valence-electron chi connectivity index (χ1n) is 12.0. The second-order valence-corrected chi connectivity index (χ2v) is 11.2. The number of para-hydroxylation sites is 1. The van der Waals surface area contributed by atoms with E-state index in [9.17, 15) is 8.42 Å². The molecule has 1 aliphatic rings. The van der Waals surface area contributed by atoms with Crippen molar-refractivity contribution in [3.8, 4) is 17.0 Å². The molecular formula is C26H31N7O3S. The number of aromatic nitrogens is 3. The molecule has 1 N–H and O–H groups in total. The van der Waals surface area contributed by atoms with Crippen LogP contribution in [-0.4, -0.2) is 81.6 Å². The maximum atomic E-state index is 12.3. The number of nitrogens with zero attached hydrogens (tertiary/aromatic N) is 6. The van der Waals surface area contributed by atoms with Gasteiger partial charge in [0, 0.05) is 44.5 Å². The molecule has 1 saturated heterocycles. The highest BCUT2D eigenvalue weighted by Gasteiger charge is 2.20. The molecule has 194 valence electrons. The van der Waals surface area contributed by atoms with E-state index in [0.717, 1.165) is 54.3 Å². The predicted octanol–water partition coefficient (Wildman–Crippen LogP) is 3.30. The van der Waals surface area contributed by atoms with Crippen molar-refractivity contribution in [3.63, 3.8) is 0 Å². The van der Waals surface area contributed by atoms with Gasteiger partial charge in [0.1, 0.15) is 5.75 Å². The van der Waals surface area contributed by atoms with Crippen LogP contribution < -0.4 is 19.3 Å². The van der Waals surface area contributed by atoms with Crippen molar-refractivity contribution in [2.75, 3.05) is 68.2 Å². The Labute approximate surface area is 217 Å². The van der Waals surface area contributed by atoms with Crippen LogP contribution >= 0.6 is 0 Å². The number of rotatable bonds is 7. The summed E-state index contributed by atoms with van der Waals surface area (Å²) in [6, 6.07) is 17.3. The topological polar surface area (TPSA) is 95.3 Å². The number of hydrogen-bond acceptors (Lipinski definition) is 8. The first-order valence-corrected chi connectivity index (χ1v) is 13.9. The van der Waals surface area contributed by atoms with Gasteiger partial charge in [0.25, 0.3) is 0 Å². The Morgan fingerprint density at radius 1 is 1.03 bits per heavy atom. The van der Waals surface area contributed by atoms with Crippen LogP contribution in [0.2, 0.25) is 0 Å². The lowest BCUT2D eigenvalue weighted by molar-refractivity contribution is 0.313. The number of fused-ring (bicyclic) bond motifs is 1. The third kappa shape index (κ3) is 5.05. The Kier molecular flexibility index (Phi) is 6.65. The van der Waals surface area contributed by atoms with E-state index in [4.69, 9.17) is 9.84 Å². The smallest absolute Gasteiger partial charge is 0.245 e. The van der Waals surface area contributed by atoms with Gasteiger partial charge in [-0.3, -0.25) is 4.31 Å². The second kappa shape index (κ2) is 9.91. The number of piperazine rings is 1. The van der Waals surface area contributed by atoms with Crippen LogP contribution in [0.5, 0.6) is 5.75 Å². The van der Waals surface area contributed by atoms with Gasteiger partial charge in [-0.05, 0) is 43.4 Å². The van der Waals surface area contributed by atoms with E-state index in [0.29, 0.717) is 17.4 Å². The molecule has 37 heavy (non-hydrogen) atoms. The Morgan fingerprint density at radius 3 is 2.51 bits per heavy atom. The molecular weight excluding hydrogens is 490 g/mol. The second-order valence-electron chi connectivity index (χ2n) is 9.18. The number of anilines is 4. The highest BCUT2D eigenvalue weighted by Crippen LogP contribution is 2.34. The summed E-state index contributed by atoms with van der Waals surface area (Å²) in [5.74, 6) is 1.09. The van der Waals surface area contributed by atoms with Crippen molar-refractivity contribution >= 4 is 38.6 Å². The highest BCUT2D eigenvalue weighted by atomic mass is 32.2.